The number of para-hydroxylation sites is 2. The second-order valence-electron chi connectivity index (χ2n) is 6.43. The average molecular weight is 354 g/mol. The van der Waals surface area contributed by atoms with Gasteiger partial charge in [0.05, 0.1) is 11.0 Å². The zero-order valence-electron chi connectivity index (χ0n) is 14.5. The summed E-state index contributed by atoms with van der Waals surface area (Å²) in [5, 5.41) is 2.68. The quantitative estimate of drug-likeness (QED) is 0.333. The molecule has 0 spiro atoms. The molecule has 0 radical (unpaired) electrons. The van der Waals surface area contributed by atoms with Crippen LogP contribution >= 0.6 is 0 Å². The maximum Gasteiger partial charge on any atom is 0.349 e. The smallest absolute Gasteiger partial charge is 0.349 e. The molecule has 130 valence electrons. The van der Waals surface area contributed by atoms with Crippen molar-refractivity contribution in [1.82, 2.24) is 9.55 Å². The number of carbonyl (C=O) groups is 1. The van der Waals surface area contributed by atoms with Crippen molar-refractivity contribution < 1.29 is 9.21 Å². The van der Waals surface area contributed by atoms with Crippen molar-refractivity contribution in [2.75, 3.05) is 0 Å². The van der Waals surface area contributed by atoms with E-state index < -0.39 is 11.5 Å². The highest BCUT2D eigenvalue weighted by molar-refractivity contribution is 6.09. The van der Waals surface area contributed by atoms with Crippen molar-refractivity contribution in [3.05, 3.63) is 88.5 Å². The molecule has 0 N–H and O–H groups in total. The SMILES string of the molecule is Cc1nc2ccccc2n1C(=O)c1cc2c(ccc3ccccc32)oc1=O. The molecular formula is C22H14N2O3. The molecule has 0 bridgehead atoms. The van der Waals surface area contributed by atoms with Gasteiger partial charge in [-0.1, -0.05) is 42.5 Å². The van der Waals surface area contributed by atoms with Crippen LogP contribution in [0.25, 0.3) is 32.8 Å². The van der Waals surface area contributed by atoms with Crippen molar-refractivity contribution in [1.29, 1.82) is 0 Å². The van der Waals surface area contributed by atoms with E-state index in [0.29, 0.717) is 22.4 Å². The number of benzene rings is 3. The monoisotopic (exact) mass is 354 g/mol. The van der Waals surface area contributed by atoms with Gasteiger partial charge < -0.3 is 4.42 Å². The molecule has 0 saturated carbocycles. The average Bonchev–Trinajstić information content (AvgIpc) is 3.02. The number of rotatable bonds is 1. The third-order valence-corrected chi connectivity index (χ3v) is 4.80. The molecule has 5 heteroatoms. The first-order chi connectivity index (χ1) is 13.1. The molecule has 2 heterocycles. The Morgan fingerprint density at radius 2 is 1.74 bits per heavy atom. The molecule has 0 fully saturated rings. The molecule has 0 aliphatic heterocycles. The highest BCUT2D eigenvalue weighted by Gasteiger charge is 2.20. The summed E-state index contributed by atoms with van der Waals surface area (Å²) >= 11 is 0. The molecule has 0 saturated heterocycles. The van der Waals surface area contributed by atoms with E-state index in [1.54, 1.807) is 19.1 Å². The minimum absolute atomic E-state index is 0.00916. The van der Waals surface area contributed by atoms with Crippen LogP contribution in [0.2, 0.25) is 0 Å². The first-order valence-corrected chi connectivity index (χ1v) is 8.58. The molecule has 0 atom stereocenters. The van der Waals surface area contributed by atoms with Crippen LogP contribution in [0, 0.1) is 6.92 Å². The third kappa shape index (κ3) is 2.29. The second kappa shape index (κ2) is 5.64. The van der Waals surface area contributed by atoms with Crippen molar-refractivity contribution in [3.8, 4) is 0 Å². The van der Waals surface area contributed by atoms with Crippen LogP contribution in [0.3, 0.4) is 0 Å². The molecule has 0 aliphatic carbocycles. The number of carbonyl (C=O) groups excluding carboxylic acids is 1. The lowest BCUT2D eigenvalue weighted by atomic mass is 10.0. The Balaban J connectivity index is 1.80. The van der Waals surface area contributed by atoms with E-state index in [1.807, 2.05) is 54.6 Å². The van der Waals surface area contributed by atoms with Crippen LogP contribution in [0.5, 0.6) is 0 Å². The van der Waals surface area contributed by atoms with Gasteiger partial charge >= 0.3 is 5.63 Å². The summed E-state index contributed by atoms with van der Waals surface area (Å²) in [4.78, 5) is 30.1. The first kappa shape index (κ1) is 15.5. The summed E-state index contributed by atoms with van der Waals surface area (Å²) in [5.41, 5.74) is 1.17. The van der Waals surface area contributed by atoms with Gasteiger partial charge in [0, 0.05) is 5.39 Å². The van der Waals surface area contributed by atoms with Gasteiger partial charge in [0.2, 0.25) is 0 Å². The highest BCUT2D eigenvalue weighted by Crippen LogP contribution is 2.25. The molecule has 27 heavy (non-hydrogen) atoms. The predicted octanol–water partition coefficient (Wildman–Crippen LogP) is 4.29. The van der Waals surface area contributed by atoms with E-state index in [4.69, 9.17) is 4.42 Å². The topological polar surface area (TPSA) is 65.1 Å². The lowest BCUT2D eigenvalue weighted by Gasteiger charge is -2.07. The van der Waals surface area contributed by atoms with Crippen LogP contribution in [0.4, 0.5) is 0 Å². The van der Waals surface area contributed by atoms with Gasteiger partial charge in [0.15, 0.2) is 0 Å². The van der Waals surface area contributed by atoms with E-state index in [0.717, 1.165) is 16.2 Å². The van der Waals surface area contributed by atoms with Gasteiger partial charge in [-0.05, 0) is 42.0 Å². The van der Waals surface area contributed by atoms with Gasteiger partial charge in [0.25, 0.3) is 5.91 Å². The Morgan fingerprint density at radius 1 is 0.963 bits per heavy atom. The Labute approximate surface area is 153 Å². The van der Waals surface area contributed by atoms with Crippen molar-refractivity contribution in [2.24, 2.45) is 0 Å². The molecule has 0 amide bonds. The first-order valence-electron chi connectivity index (χ1n) is 8.58. The van der Waals surface area contributed by atoms with Crippen molar-refractivity contribution >= 4 is 38.7 Å². The van der Waals surface area contributed by atoms with Gasteiger partial charge in [-0.25, -0.2) is 9.78 Å². The molecule has 2 aromatic heterocycles. The van der Waals surface area contributed by atoms with E-state index >= 15 is 0 Å². The molecule has 5 nitrogen and oxygen atoms in total. The van der Waals surface area contributed by atoms with E-state index in [1.165, 1.54) is 4.57 Å². The maximum absolute atomic E-state index is 13.2. The Morgan fingerprint density at radius 3 is 2.63 bits per heavy atom. The van der Waals surface area contributed by atoms with E-state index in [9.17, 15) is 9.59 Å². The summed E-state index contributed by atoms with van der Waals surface area (Å²) in [6, 6.07) is 20.4. The summed E-state index contributed by atoms with van der Waals surface area (Å²) in [6.45, 7) is 1.75. The van der Waals surface area contributed by atoms with E-state index in [2.05, 4.69) is 4.98 Å². The number of fused-ring (bicyclic) bond motifs is 4. The van der Waals surface area contributed by atoms with Crippen LogP contribution in [-0.4, -0.2) is 15.5 Å². The molecule has 5 rings (SSSR count). The van der Waals surface area contributed by atoms with Crippen LogP contribution in [-0.2, 0) is 0 Å². The third-order valence-electron chi connectivity index (χ3n) is 4.80. The van der Waals surface area contributed by atoms with Gasteiger partial charge in [-0.2, -0.15) is 0 Å². The number of hydrogen-bond donors (Lipinski definition) is 0. The fourth-order valence-corrected chi connectivity index (χ4v) is 3.54. The molecule has 0 aliphatic rings. The lowest BCUT2D eigenvalue weighted by Crippen LogP contribution is -2.21. The molecule has 0 unspecified atom stereocenters. The Kier molecular flexibility index (Phi) is 3.24. The van der Waals surface area contributed by atoms with Crippen LogP contribution in [0.15, 0.2) is 75.9 Å². The normalized spacial score (nSPS) is 11.4. The zero-order chi connectivity index (χ0) is 18.5. The number of hydrogen-bond acceptors (Lipinski definition) is 4. The van der Waals surface area contributed by atoms with Gasteiger partial charge in [0.1, 0.15) is 17.0 Å². The summed E-state index contributed by atoms with van der Waals surface area (Å²) in [5.74, 6) is 0.0865. The summed E-state index contributed by atoms with van der Waals surface area (Å²) < 4.78 is 6.92. The van der Waals surface area contributed by atoms with Crippen LogP contribution < -0.4 is 5.63 Å². The highest BCUT2D eigenvalue weighted by atomic mass is 16.4. The molecular weight excluding hydrogens is 340 g/mol. The minimum Gasteiger partial charge on any atom is -0.422 e. The minimum atomic E-state index is -0.653. The Bertz CT molecular complexity index is 1430. The number of aromatic nitrogens is 2. The fraction of sp³-hybridized carbons (Fsp3) is 0.0455. The number of nitrogens with zero attached hydrogens (tertiary/aromatic N) is 2. The maximum atomic E-state index is 13.2. The van der Waals surface area contributed by atoms with Crippen LogP contribution in [0.1, 0.15) is 16.2 Å². The molecule has 5 aromatic rings. The lowest BCUT2D eigenvalue weighted by molar-refractivity contribution is 0.0959. The van der Waals surface area contributed by atoms with E-state index in [-0.39, 0.29) is 5.56 Å². The van der Waals surface area contributed by atoms with Gasteiger partial charge in [-0.3, -0.25) is 9.36 Å². The standard InChI is InChI=1S/C22H14N2O3/c1-13-23-18-8-4-5-9-19(18)24(13)21(25)17-12-16-15-7-3-2-6-14(15)10-11-20(16)27-22(17)26/h2-12H,1H3. The van der Waals surface area contributed by atoms with Crippen molar-refractivity contribution in [3.63, 3.8) is 0 Å². The zero-order valence-corrected chi connectivity index (χ0v) is 14.5. The number of imidazole rings is 1. The van der Waals surface area contributed by atoms with Gasteiger partial charge in [-0.15, -0.1) is 0 Å². The number of aryl methyl sites for hydroxylation is 1. The summed E-state index contributed by atoms with van der Waals surface area (Å²) in [7, 11) is 0. The molecule has 3 aromatic carbocycles. The largest absolute Gasteiger partial charge is 0.422 e. The summed E-state index contributed by atoms with van der Waals surface area (Å²) in [6.07, 6.45) is 0. The fourth-order valence-electron chi connectivity index (χ4n) is 3.54. The Hall–Kier alpha value is -3.73. The van der Waals surface area contributed by atoms with Crippen molar-refractivity contribution in [2.45, 2.75) is 6.92 Å². The predicted molar refractivity (Wildman–Crippen MR) is 104 cm³/mol. The second-order valence-corrected chi connectivity index (χ2v) is 6.43.